The molecule has 1 fully saturated rings. The molecule has 31 heavy (non-hydrogen) atoms. The van der Waals surface area contributed by atoms with Gasteiger partial charge in [0.25, 0.3) is 0 Å². The number of hydrogen-bond acceptors (Lipinski definition) is 6. The number of halogens is 1. The molecule has 4 rings (SSSR count). The molecule has 0 radical (unpaired) electrons. The van der Waals surface area contributed by atoms with E-state index in [0.717, 1.165) is 43.0 Å². The van der Waals surface area contributed by atoms with E-state index in [4.69, 9.17) is 5.73 Å². The Morgan fingerprint density at radius 2 is 2.00 bits per heavy atom. The van der Waals surface area contributed by atoms with Crippen LogP contribution in [-0.4, -0.2) is 53.6 Å². The standard InChI is InChI=1S/C24H29FN6/c25-21-6-2-3-18(14-21)7-9-28-24-29-10-8-23(30-24)20-5-1-4-19(13-20)17-31-12-11-27-16-22(31)15-26/h1-6,8,10,13-14,22,27H,7,9,11-12,15-17,26H2,(H,28,29,30). The second kappa shape index (κ2) is 10.4. The van der Waals surface area contributed by atoms with Gasteiger partial charge in [-0.25, -0.2) is 14.4 Å². The van der Waals surface area contributed by atoms with Crippen molar-refractivity contribution < 1.29 is 4.39 Å². The van der Waals surface area contributed by atoms with E-state index in [9.17, 15) is 4.39 Å². The third kappa shape index (κ3) is 5.85. The molecule has 0 aliphatic carbocycles. The Labute approximate surface area is 182 Å². The van der Waals surface area contributed by atoms with E-state index in [1.54, 1.807) is 18.3 Å². The molecule has 2 aromatic carbocycles. The molecule has 1 unspecified atom stereocenters. The van der Waals surface area contributed by atoms with Crippen LogP contribution in [0.15, 0.2) is 60.8 Å². The highest BCUT2D eigenvalue weighted by Gasteiger charge is 2.20. The van der Waals surface area contributed by atoms with Gasteiger partial charge in [-0.2, -0.15) is 0 Å². The molecule has 0 bridgehead atoms. The summed E-state index contributed by atoms with van der Waals surface area (Å²) in [7, 11) is 0. The molecule has 7 heteroatoms. The molecule has 1 atom stereocenters. The molecule has 1 aliphatic heterocycles. The first-order valence-electron chi connectivity index (χ1n) is 10.8. The Kier molecular flexibility index (Phi) is 7.19. The van der Waals surface area contributed by atoms with Gasteiger partial charge in [-0.15, -0.1) is 0 Å². The summed E-state index contributed by atoms with van der Waals surface area (Å²) in [4.78, 5) is 11.4. The predicted octanol–water partition coefficient (Wildman–Crippen LogP) is 2.67. The zero-order valence-electron chi connectivity index (χ0n) is 17.6. The molecule has 1 aliphatic rings. The molecule has 0 saturated carbocycles. The van der Waals surface area contributed by atoms with Gasteiger partial charge in [-0.05, 0) is 41.8 Å². The number of nitrogens with zero attached hydrogens (tertiary/aromatic N) is 3. The van der Waals surface area contributed by atoms with E-state index >= 15 is 0 Å². The van der Waals surface area contributed by atoms with Crippen molar-refractivity contribution in [3.63, 3.8) is 0 Å². The van der Waals surface area contributed by atoms with E-state index in [-0.39, 0.29) is 5.82 Å². The second-order valence-electron chi connectivity index (χ2n) is 7.84. The van der Waals surface area contributed by atoms with Crippen molar-refractivity contribution >= 4 is 5.95 Å². The maximum absolute atomic E-state index is 13.3. The first kappa shape index (κ1) is 21.4. The van der Waals surface area contributed by atoms with E-state index in [1.807, 2.05) is 12.1 Å². The predicted molar refractivity (Wildman–Crippen MR) is 122 cm³/mol. The number of nitrogens with two attached hydrogens (primary N) is 1. The molecule has 2 heterocycles. The molecule has 0 amide bonds. The molecular formula is C24H29FN6. The van der Waals surface area contributed by atoms with Crippen LogP contribution in [0.1, 0.15) is 11.1 Å². The van der Waals surface area contributed by atoms with E-state index in [2.05, 4.69) is 49.8 Å². The lowest BCUT2D eigenvalue weighted by Crippen LogP contribution is -2.53. The van der Waals surface area contributed by atoms with E-state index in [1.165, 1.54) is 11.6 Å². The van der Waals surface area contributed by atoms with Crippen LogP contribution >= 0.6 is 0 Å². The van der Waals surface area contributed by atoms with Gasteiger partial charge in [0.2, 0.25) is 5.95 Å². The van der Waals surface area contributed by atoms with Gasteiger partial charge >= 0.3 is 0 Å². The van der Waals surface area contributed by atoms with Crippen molar-refractivity contribution in [3.05, 3.63) is 77.7 Å². The van der Waals surface area contributed by atoms with Gasteiger partial charge < -0.3 is 16.4 Å². The molecule has 162 valence electrons. The van der Waals surface area contributed by atoms with Crippen molar-refractivity contribution in [1.82, 2.24) is 20.2 Å². The highest BCUT2D eigenvalue weighted by Crippen LogP contribution is 2.21. The number of anilines is 1. The van der Waals surface area contributed by atoms with Crippen LogP contribution in [0, 0.1) is 5.82 Å². The van der Waals surface area contributed by atoms with Crippen LogP contribution < -0.4 is 16.4 Å². The Bertz CT molecular complexity index is 995. The van der Waals surface area contributed by atoms with Crippen LogP contribution in [0.4, 0.5) is 10.3 Å². The molecule has 1 aromatic heterocycles. The Balaban J connectivity index is 1.40. The lowest BCUT2D eigenvalue weighted by molar-refractivity contribution is 0.158. The van der Waals surface area contributed by atoms with Crippen molar-refractivity contribution in [2.45, 2.75) is 19.0 Å². The van der Waals surface area contributed by atoms with Crippen molar-refractivity contribution in [2.75, 3.05) is 38.0 Å². The van der Waals surface area contributed by atoms with E-state index in [0.29, 0.717) is 31.5 Å². The Morgan fingerprint density at radius 1 is 1.13 bits per heavy atom. The van der Waals surface area contributed by atoms with Crippen LogP contribution in [-0.2, 0) is 13.0 Å². The van der Waals surface area contributed by atoms with Crippen molar-refractivity contribution in [3.8, 4) is 11.3 Å². The van der Waals surface area contributed by atoms with Gasteiger partial charge in [0.15, 0.2) is 0 Å². The summed E-state index contributed by atoms with van der Waals surface area (Å²) in [5.74, 6) is 0.360. The third-order valence-electron chi connectivity index (χ3n) is 5.59. The maximum Gasteiger partial charge on any atom is 0.223 e. The lowest BCUT2D eigenvalue weighted by atomic mass is 10.1. The molecular weight excluding hydrogens is 391 g/mol. The van der Waals surface area contributed by atoms with Crippen LogP contribution in [0.5, 0.6) is 0 Å². The highest BCUT2D eigenvalue weighted by molar-refractivity contribution is 5.61. The number of nitrogens with one attached hydrogen (secondary N) is 2. The number of benzene rings is 2. The van der Waals surface area contributed by atoms with Crippen LogP contribution in [0.3, 0.4) is 0 Å². The van der Waals surface area contributed by atoms with Gasteiger partial charge in [0, 0.05) is 57.1 Å². The summed E-state index contributed by atoms with van der Waals surface area (Å²) >= 11 is 0. The minimum Gasteiger partial charge on any atom is -0.354 e. The smallest absolute Gasteiger partial charge is 0.223 e. The summed E-state index contributed by atoms with van der Waals surface area (Å²) in [6.45, 7) is 5.10. The largest absolute Gasteiger partial charge is 0.354 e. The quantitative estimate of drug-likeness (QED) is 0.520. The van der Waals surface area contributed by atoms with Crippen molar-refractivity contribution in [1.29, 1.82) is 0 Å². The lowest BCUT2D eigenvalue weighted by Gasteiger charge is -2.35. The first-order valence-corrected chi connectivity index (χ1v) is 10.8. The minimum absolute atomic E-state index is 0.214. The molecule has 6 nitrogen and oxygen atoms in total. The average Bonchev–Trinajstić information content (AvgIpc) is 2.80. The zero-order valence-corrected chi connectivity index (χ0v) is 17.6. The zero-order chi connectivity index (χ0) is 21.5. The SMILES string of the molecule is NCC1CNCCN1Cc1cccc(-c2ccnc(NCCc3cccc(F)c3)n2)c1. The number of aromatic nitrogens is 2. The fourth-order valence-electron chi connectivity index (χ4n) is 3.92. The summed E-state index contributed by atoms with van der Waals surface area (Å²) in [5, 5.41) is 6.65. The Hall–Kier alpha value is -2.87. The Morgan fingerprint density at radius 3 is 2.87 bits per heavy atom. The second-order valence-corrected chi connectivity index (χ2v) is 7.84. The summed E-state index contributed by atoms with van der Waals surface area (Å²) in [5.41, 5.74) is 10.1. The van der Waals surface area contributed by atoms with Gasteiger partial charge in [-0.3, -0.25) is 4.90 Å². The normalized spacial score (nSPS) is 16.9. The third-order valence-corrected chi connectivity index (χ3v) is 5.59. The number of piperazine rings is 1. The highest BCUT2D eigenvalue weighted by atomic mass is 19.1. The summed E-state index contributed by atoms with van der Waals surface area (Å²) < 4.78 is 13.3. The fourth-order valence-corrected chi connectivity index (χ4v) is 3.92. The van der Waals surface area contributed by atoms with Gasteiger partial charge in [0.1, 0.15) is 5.82 Å². The summed E-state index contributed by atoms with van der Waals surface area (Å²) in [6, 6.07) is 17.4. The topological polar surface area (TPSA) is 79.1 Å². The molecule has 3 aromatic rings. The first-order chi connectivity index (χ1) is 15.2. The molecule has 1 saturated heterocycles. The van der Waals surface area contributed by atoms with Gasteiger partial charge in [0.05, 0.1) is 5.69 Å². The average molecular weight is 421 g/mol. The summed E-state index contributed by atoms with van der Waals surface area (Å²) in [6.07, 6.45) is 2.47. The number of rotatable bonds is 8. The van der Waals surface area contributed by atoms with Crippen LogP contribution in [0.2, 0.25) is 0 Å². The minimum atomic E-state index is -0.214. The van der Waals surface area contributed by atoms with E-state index < -0.39 is 0 Å². The molecule has 0 spiro atoms. The number of hydrogen-bond donors (Lipinski definition) is 3. The molecule has 4 N–H and O–H groups in total. The monoisotopic (exact) mass is 420 g/mol. The van der Waals surface area contributed by atoms with Crippen LogP contribution in [0.25, 0.3) is 11.3 Å². The fraction of sp³-hybridized carbons (Fsp3) is 0.333. The maximum atomic E-state index is 13.3. The van der Waals surface area contributed by atoms with Gasteiger partial charge in [-0.1, -0.05) is 30.3 Å². The van der Waals surface area contributed by atoms with Crippen molar-refractivity contribution in [2.24, 2.45) is 5.73 Å².